The van der Waals surface area contributed by atoms with Gasteiger partial charge in [0, 0.05) is 25.0 Å². The van der Waals surface area contributed by atoms with Crippen molar-refractivity contribution in [2.75, 3.05) is 5.32 Å². The van der Waals surface area contributed by atoms with Crippen LogP contribution in [0.15, 0.2) is 24.4 Å². The van der Waals surface area contributed by atoms with Crippen LogP contribution in [-0.2, 0) is 30.3 Å². The van der Waals surface area contributed by atoms with Crippen LogP contribution < -0.4 is 10.6 Å². The third-order valence-corrected chi connectivity index (χ3v) is 6.72. The number of nitrogens with zero attached hydrogens (tertiary/aromatic N) is 4. The van der Waals surface area contributed by atoms with Crippen LogP contribution in [0.25, 0.3) is 0 Å². The van der Waals surface area contributed by atoms with Gasteiger partial charge in [0.1, 0.15) is 17.2 Å². The molecule has 9 nitrogen and oxygen atoms in total. The van der Waals surface area contributed by atoms with E-state index in [1.165, 1.54) is 12.1 Å². The van der Waals surface area contributed by atoms with E-state index in [0.29, 0.717) is 54.1 Å². The molecule has 5 rings (SSSR count). The summed E-state index contributed by atoms with van der Waals surface area (Å²) < 4.78 is 16.8. The van der Waals surface area contributed by atoms with E-state index < -0.39 is 29.0 Å². The highest BCUT2D eigenvalue weighted by atomic mass is 35.5. The van der Waals surface area contributed by atoms with Crippen molar-refractivity contribution in [1.82, 2.24) is 24.9 Å². The van der Waals surface area contributed by atoms with E-state index in [-0.39, 0.29) is 10.6 Å². The fraction of sp³-hybridized carbons (Fsp3) is 0.348. The first kappa shape index (κ1) is 22.3. The van der Waals surface area contributed by atoms with Crippen molar-refractivity contribution in [3.05, 3.63) is 63.4 Å². The van der Waals surface area contributed by atoms with Gasteiger partial charge < -0.3 is 15.2 Å². The van der Waals surface area contributed by atoms with Gasteiger partial charge in [0.05, 0.1) is 22.3 Å². The predicted molar refractivity (Wildman–Crippen MR) is 121 cm³/mol. The topological polar surface area (TPSA) is 111 Å². The van der Waals surface area contributed by atoms with Crippen LogP contribution in [0.3, 0.4) is 0 Å². The van der Waals surface area contributed by atoms with Crippen LogP contribution in [0, 0.1) is 12.7 Å². The van der Waals surface area contributed by atoms with Crippen molar-refractivity contribution in [3.8, 4) is 0 Å². The van der Waals surface area contributed by atoms with E-state index in [4.69, 9.17) is 11.6 Å². The molecule has 3 aromatic rings. The summed E-state index contributed by atoms with van der Waals surface area (Å²) in [5.74, 6) is -2.46. The van der Waals surface area contributed by atoms with Gasteiger partial charge in [-0.1, -0.05) is 16.8 Å². The second kappa shape index (κ2) is 8.05. The Morgan fingerprint density at radius 3 is 2.65 bits per heavy atom. The van der Waals surface area contributed by atoms with Crippen LogP contribution in [0.1, 0.15) is 57.1 Å². The third-order valence-electron chi connectivity index (χ3n) is 6.43. The number of carbonyl (C=O) groups is 3. The Kier molecular flexibility index (Phi) is 5.27. The fourth-order valence-corrected chi connectivity index (χ4v) is 4.78. The largest absolute Gasteiger partial charge is 0.340 e. The minimum Gasteiger partial charge on any atom is -0.340 e. The zero-order chi connectivity index (χ0) is 24.2. The summed E-state index contributed by atoms with van der Waals surface area (Å²) in [4.78, 5) is 39.4. The van der Waals surface area contributed by atoms with Crippen LogP contribution in [0.4, 0.5) is 10.1 Å². The average molecular weight is 485 g/mol. The maximum atomic E-state index is 13.5. The quantitative estimate of drug-likeness (QED) is 0.413. The summed E-state index contributed by atoms with van der Waals surface area (Å²) >= 11 is 5.82. The molecule has 0 spiro atoms. The van der Waals surface area contributed by atoms with Gasteiger partial charge in [-0.25, -0.2) is 4.39 Å². The molecule has 1 aliphatic heterocycles. The molecule has 0 unspecified atom stereocenters. The van der Waals surface area contributed by atoms with Crippen molar-refractivity contribution >= 4 is 34.9 Å². The molecule has 2 amide bonds. The number of rotatable bonds is 6. The first-order valence-corrected chi connectivity index (χ1v) is 11.3. The van der Waals surface area contributed by atoms with Crippen LogP contribution in [-0.4, -0.2) is 37.2 Å². The summed E-state index contributed by atoms with van der Waals surface area (Å²) in [7, 11) is 1.74. The molecular formula is C23H22ClFN6O3. The molecule has 0 radical (unpaired) electrons. The van der Waals surface area contributed by atoms with Crippen molar-refractivity contribution in [3.63, 3.8) is 0 Å². The lowest BCUT2D eigenvalue weighted by Crippen LogP contribution is -2.40. The Morgan fingerprint density at radius 2 is 2.00 bits per heavy atom. The molecule has 3 heterocycles. The van der Waals surface area contributed by atoms with Gasteiger partial charge in [-0.2, -0.15) is 0 Å². The van der Waals surface area contributed by atoms with Crippen LogP contribution in [0.2, 0.25) is 5.02 Å². The second-order valence-corrected chi connectivity index (χ2v) is 9.18. The van der Waals surface area contributed by atoms with E-state index in [9.17, 15) is 18.8 Å². The summed E-state index contributed by atoms with van der Waals surface area (Å²) in [6.45, 7) is 2.22. The lowest BCUT2D eigenvalue weighted by molar-refractivity contribution is -0.118. The Labute approximate surface area is 199 Å². The SMILES string of the molecule is Cc1c(C(=O)C(=O)NC2(c3cn(C)nn3)CC2)c2n(c1C(=O)Nc1ccc(F)c(Cl)c1)CCC2. The number of hydrogen-bond acceptors (Lipinski definition) is 5. The number of ketones is 1. The smallest absolute Gasteiger partial charge is 0.293 e. The number of Topliss-reactive ketones (excluding diaryl/α,β-unsaturated/α-hetero) is 1. The number of anilines is 1. The number of benzene rings is 1. The molecule has 2 aromatic heterocycles. The van der Waals surface area contributed by atoms with Crippen molar-refractivity contribution in [1.29, 1.82) is 0 Å². The van der Waals surface area contributed by atoms with E-state index in [0.717, 1.165) is 12.5 Å². The molecule has 34 heavy (non-hydrogen) atoms. The molecule has 0 saturated heterocycles. The zero-order valence-corrected chi connectivity index (χ0v) is 19.4. The normalized spacial score (nSPS) is 15.6. The molecule has 0 atom stereocenters. The van der Waals surface area contributed by atoms with Gasteiger partial charge in [0.25, 0.3) is 17.6 Å². The maximum Gasteiger partial charge on any atom is 0.293 e. The number of halogens is 2. The Balaban J connectivity index is 1.42. The molecule has 1 aromatic carbocycles. The van der Waals surface area contributed by atoms with E-state index >= 15 is 0 Å². The number of amides is 2. The van der Waals surface area contributed by atoms with Gasteiger partial charge >= 0.3 is 0 Å². The number of carbonyl (C=O) groups excluding carboxylic acids is 3. The van der Waals surface area contributed by atoms with Crippen LogP contribution >= 0.6 is 11.6 Å². The standard InChI is InChI=1S/C23H22ClFN6O3/c1-12-18(20(32)22(34)27-23(7-8-23)17-11-30(2)29-28-17)16-4-3-9-31(16)19(12)21(33)26-13-5-6-15(25)14(24)10-13/h5-6,10-11H,3-4,7-9H2,1-2H3,(H,26,33)(H,27,34). The molecule has 2 aliphatic rings. The summed E-state index contributed by atoms with van der Waals surface area (Å²) in [6.07, 6.45) is 4.41. The van der Waals surface area contributed by atoms with Crippen molar-refractivity contribution < 1.29 is 18.8 Å². The fourth-order valence-electron chi connectivity index (χ4n) is 4.60. The first-order valence-electron chi connectivity index (χ1n) is 10.9. The maximum absolute atomic E-state index is 13.5. The number of nitrogens with one attached hydrogen (secondary N) is 2. The van der Waals surface area contributed by atoms with Crippen molar-refractivity contribution in [2.45, 2.75) is 44.7 Å². The Hall–Kier alpha value is -3.53. The molecule has 176 valence electrons. The van der Waals surface area contributed by atoms with Crippen molar-refractivity contribution in [2.24, 2.45) is 7.05 Å². The molecular weight excluding hydrogens is 463 g/mol. The number of aromatic nitrogens is 4. The molecule has 2 N–H and O–H groups in total. The third kappa shape index (κ3) is 3.67. The highest BCUT2D eigenvalue weighted by Gasteiger charge is 2.49. The Morgan fingerprint density at radius 1 is 1.24 bits per heavy atom. The Bertz CT molecular complexity index is 1360. The zero-order valence-electron chi connectivity index (χ0n) is 18.6. The van der Waals surface area contributed by atoms with Gasteiger partial charge in [-0.05, 0) is 56.4 Å². The molecule has 0 bridgehead atoms. The monoisotopic (exact) mass is 484 g/mol. The molecule has 1 fully saturated rings. The van der Waals surface area contributed by atoms with Gasteiger partial charge in [0.2, 0.25) is 0 Å². The number of aryl methyl sites for hydroxylation is 1. The van der Waals surface area contributed by atoms with Gasteiger partial charge in [-0.15, -0.1) is 5.10 Å². The highest BCUT2D eigenvalue weighted by molar-refractivity contribution is 6.44. The molecule has 11 heteroatoms. The number of fused-ring (bicyclic) bond motifs is 1. The molecule has 1 saturated carbocycles. The highest BCUT2D eigenvalue weighted by Crippen LogP contribution is 2.44. The molecule has 1 aliphatic carbocycles. The first-order chi connectivity index (χ1) is 16.2. The van der Waals surface area contributed by atoms with Gasteiger partial charge in [0.15, 0.2) is 0 Å². The summed E-state index contributed by atoms with van der Waals surface area (Å²) in [5.41, 5.74) is 1.93. The van der Waals surface area contributed by atoms with Gasteiger partial charge in [-0.3, -0.25) is 19.1 Å². The average Bonchev–Trinajstić information content (AvgIpc) is 3.08. The summed E-state index contributed by atoms with van der Waals surface area (Å²) in [5, 5.41) is 13.4. The van der Waals surface area contributed by atoms with Crippen LogP contribution in [0.5, 0.6) is 0 Å². The van der Waals surface area contributed by atoms with E-state index in [1.54, 1.807) is 29.4 Å². The van der Waals surface area contributed by atoms with E-state index in [1.807, 2.05) is 0 Å². The minimum atomic E-state index is -0.733. The summed E-state index contributed by atoms with van der Waals surface area (Å²) in [6, 6.07) is 3.89. The minimum absolute atomic E-state index is 0.112. The lowest BCUT2D eigenvalue weighted by atomic mass is 10.0. The lowest BCUT2D eigenvalue weighted by Gasteiger charge is -2.14. The predicted octanol–water partition coefficient (Wildman–Crippen LogP) is 2.90. The second-order valence-electron chi connectivity index (χ2n) is 8.78. The number of hydrogen-bond donors (Lipinski definition) is 2. The van der Waals surface area contributed by atoms with E-state index in [2.05, 4.69) is 20.9 Å².